The summed E-state index contributed by atoms with van der Waals surface area (Å²) in [6.45, 7) is 3.31. The molecule has 0 bridgehead atoms. The highest BCUT2D eigenvalue weighted by atomic mass is 16.5. The number of nitrogens with zero attached hydrogens (tertiary/aromatic N) is 4. The zero-order valence-corrected chi connectivity index (χ0v) is 18.3. The number of rotatable bonds is 8. The first-order valence-electron chi connectivity index (χ1n) is 11.1. The number of carbonyl (C=O) groups excluding carboxylic acids is 1. The summed E-state index contributed by atoms with van der Waals surface area (Å²) in [6.07, 6.45) is 7.69. The molecular weight excluding hydrogens is 394 g/mol. The van der Waals surface area contributed by atoms with Crippen molar-refractivity contribution >= 4 is 28.5 Å². The van der Waals surface area contributed by atoms with Crippen LogP contribution in [0.15, 0.2) is 18.2 Å². The Hall–Kier alpha value is -3.10. The third-order valence-electron chi connectivity index (χ3n) is 5.81. The first-order valence-corrected chi connectivity index (χ1v) is 11.1. The molecule has 9 heteroatoms. The smallest absolute Gasteiger partial charge is 0.315 e. The molecule has 2 amide bonds. The molecule has 2 heterocycles. The molecule has 0 aliphatic heterocycles. The summed E-state index contributed by atoms with van der Waals surface area (Å²) in [5.74, 6) is 2.27. The zero-order chi connectivity index (χ0) is 21.6. The quantitative estimate of drug-likeness (QED) is 0.478. The van der Waals surface area contributed by atoms with Gasteiger partial charge in [-0.3, -0.25) is 4.40 Å². The number of unbranched alkanes of at least 4 members (excludes halogenated alkanes) is 1. The van der Waals surface area contributed by atoms with Gasteiger partial charge >= 0.3 is 6.03 Å². The zero-order valence-electron chi connectivity index (χ0n) is 18.3. The number of nitrogens with one attached hydrogen (secondary N) is 3. The Balaban J connectivity index is 1.30. The predicted molar refractivity (Wildman–Crippen MR) is 121 cm³/mol. The van der Waals surface area contributed by atoms with Crippen LogP contribution in [0.5, 0.6) is 5.75 Å². The van der Waals surface area contributed by atoms with Gasteiger partial charge in [-0.15, -0.1) is 10.2 Å². The van der Waals surface area contributed by atoms with Crippen molar-refractivity contribution in [2.24, 2.45) is 0 Å². The van der Waals surface area contributed by atoms with Gasteiger partial charge in [0.25, 0.3) is 0 Å². The fraction of sp³-hybridized carbons (Fsp3) is 0.545. The highest BCUT2D eigenvalue weighted by Gasteiger charge is 2.15. The fourth-order valence-corrected chi connectivity index (χ4v) is 4.14. The molecule has 0 saturated heterocycles. The Kier molecular flexibility index (Phi) is 6.69. The number of hydrogen-bond donors (Lipinski definition) is 3. The summed E-state index contributed by atoms with van der Waals surface area (Å²) in [5, 5.41) is 17.9. The number of amides is 2. The molecule has 1 aliphatic carbocycles. The van der Waals surface area contributed by atoms with E-state index in [-0.39, 0.29) is 6.03 Å². The molecule has 1 aliphatic rings. The highest BCUT2D eigenvalue weighted by molar-refractivity contribution is 5.84. The summed E-state index contributed by atoms with van der Waals surface area (Å²) in [5.41, 5.74) is 2.47. The lowest BCUT2D eigenvalue weighted by Gasteiger charge is -2.22. The lowest BCUT2D eigenvalue weighted by atomic mass is 9.96. The maximum Gasteiger partial charge on any atom is 0.315 e. The Labute approximate surface area is 182 Å². The number of benzene rings is 1. The number of urea groups is 1. The van der Waals surface area contributed by atoms with Crippen LogP contribution in [0.25, 0.3) is 16.7 Å². The van der Waals surface area contributed by atoms with Crippen molar-refractivity contribution < 1.29 is 9.53 Å². The van der Waals surface area contributed by atoms with Crippen LogP contribution >= 0.6 is 0 Å². The van der Waals surface area contributed by atoms with Crippen molar-refractivity contribution in [3.8, 4) is 5.75 Å². The Morgan fingerprint density at radius 1 is 1.16 bits per heavy atom. The minimum absolute atomic E-state index is 0.0503. The van der Waals surface area contributed by atoms with Gasteiger partial charge in [0.2, 0.25) is 5.65 Å². The Bertz CT molecular complexity index is 1040. The van der Waals surface area contributed by atoms with Gasteiger partial charge in [0.1, 0.15) is 11.6 Å². The van der Waals surface area contributed by atoms with Crippen LogP contribution in [0.2, 0.25) is 0 Å². The van der Waals surface area contributed by atoms with E-state index in [4.69, 9.17) is 9.72 Å². The first-order chi connectivity index (χ1) is 15.2. The monoisotopic (exact) mass is 425 g/mol. The van der Waals surface area contributed by atoms with E-state index in [1.165, 1.54) is 19.3 Å². The van der Waals surface area contributed by atoms with E-state index in [2.05, 4.69) is 26.1 Å². The number of ether oxygens (including phenoxy) is 1. The molecule has 1 fully saturated rings. The molecule has 3 aromatic rings. The number of carbonyl (C=O) groups is 1. The normalized spacial score (nSPS) is 14.6. The topological polar surface area (TPSA) is 105 Å². The molecule has 0 spiro atoms. The molecule has 4 rings (SSSR count). The van der Waals surface area contributed by atoms with Crippen LogP contribution in [0.1, 0.15) is 50.8 Å². The second kappa shape index (κ2) is 9.80. The number of aromatic nitrogens is 4. The third-order valence-corrected chi connectivity index (χ3v) is 5.81. The molecule has 31 heavy (non-hydrogen) atoms. The highest BCUT2D eigenvalue weighted by Crippen LogP contribution is 2.25. The van der Waals surface area contributed by atoms with Crippen LogP contribution < -0.4 is 20.7 Å². The second-order valence-electron chi connectivity index (χ2n) is 8.09. The Morgan fingerprint density at radius 3 is 2.77 bits per heavy atom. The number of hydrogen-bond acceptors (Lipinski definition) is 6. The van der Waals surface area contributed by atoms with Crippen molar-refractivity contribution in [1.29, 1.82) is 0 Å². The lowest BCUT2D eigenvalue weighted by molar-refractivity contribution is 0.232. The van der Waals surface area contributed by atoms with Crippen molar-refractivity contribution in [1.82, 2.24) is 30.2 Å². The summed E-state index contributed by atoms with van der Waals surface area (Å²) >= 11 is 0. The number of methoxy groups -OCH3 is 1. The molecule has 2 aromatic heterocycles. The average Bonchev–Trinajstić information content (AvgIpc) is 3.18. The molecule has 0 atom stereocenters. The van der Waals surface area contributed by atoms with E-state index in [9.17, 15) is 4.79 Å². The van der Waals surface area contributed by atoms with Gasteiger partial charge in [-0.05, 0) is 44.7 Å². The van der Waals surface area contributed by atoms with E-state index in [1.54, 1.807) is 7.11 Å². The van der Waals surface area contributed by atoms with Gasteiger partial charge in [0.05, 0.1) is 18.1 Å². The van der Waals surface area contributed by atoms with Crippen LogP contribution in [0, 0.1) is 6.92 Å². The summed E-state index contributed by atoms with van der Waals surface area (Å²) in [7, 11) is 1.65. The van der Waals surface area contributed by atoms with Gasteiger partial charge in [-0.25, -0.2) is 9.78 Å². The largest absolute Gasteiger partial charge is 0.497 e. The van der Waals surface area contributed by atoms with Crippen LogP contribution in [-0.2, 0) is 0 Å². The molecule has 9 nitrogen and oxygen atoms in total. The van der Waals surface area contributed by atoms with Crippen molar-refractivity contribution in [2.75, 3.05) is 25.5 Å². The fourth-order valence-electron chi connectivity index (χ4n) is 4.14. The van der Waals surface area contributed by atoms with Crippen LogP contribution in [-0.4, -0.2) is 51.9 Å². The van der Waals surface area contributed by atoms with Crippen LogP contribution in [0.3, 0.4) is 0 Å². The Morgan fingerprint density at radius 2 is 1.97 bits per heavy atom. The maximum atomic E-state index is 12.0. The van der Waals surface area contributed by atoms with Crippen LogP contribution in [0.4, 0.5) is 10.6 Å². The average molecular weight is 426 g/mol. The molecule has 0 unspecified atom stereocenters. The second-order valence-corrected chi connectivity index (χ2v) is 8.09. The van der Waals surface area contributed by atoms with Gasteiger partial charge < -0.3 is 20.7 Å². The summed E-state index contributed by atoms with van der Waals surface area (Å²) in [6, 6.07) is 6.08. The first kappa shape index (κ1) is 21.1. The van der Waals surface area contributed by atoms with Gasteiger partial charge in [0, 0.05) is 25.2 Å². The van der Waals surface area contributed by atoms with E-state index >= 15 is 0 Å². The lowest BCUT2D eigenvalue weighted by Crippen LogP contribution is -2.43. The molecule has 1 aromatic carbocycles. The molecular formula is C22H31N7O2. The molecule has 166 valence electrons. The summed E-state index contributed by atoms with van der Waals surface area (Å²) in [4.78, 5) is 16.8. The number of aryl methyl sites for hydroxylation is 1. The van der Waals surface area contributed by atoms with E-state index in [0.29, 0.717) is 24.1 Å². The number of fused-ring (bicyclic) bond motifs is 3. The molecule has 1 saturated carbocycles. The van der Waals surface area contributed by atoms with E-state index in [0.717, 1.165) is 54.8 Å². The predicted octanol–water partition coefficient (Wildman–Crippen LogP) is 3.42. The van der Waals surface area contributed by atoms with Gasteiger partial charge in [-0.1, -0.05) is 19.3 Å². The minimum atomic E-state index is -0.0503. The van der Waals surface area contributed by atoms with Gasteiger partial charge in [-0.2, -0.15) is 0 Å². The SMILES string of the molecule is COc1ccc2c(c1)nc(NCCCCNC(=O)NC1CCCCC1)c1nnc(C)n12. The molecule has 3 N–H and O–H groups in total. The van der Waals surface area contributed by atoms with E-state index in [1.807, 2.05) is 29.5 Å². The van der Waals surface area contributed by atoms with Crippen molar-refractivity contribution in [3.63, 3.8) is 0 Å². The van der Waals surface area contributed by atoms with Crippen molar-refractivity contribution in [3.05, 3.63) is 24.0 Å². The van der Waals surface area contributed by atoms with Crippen molar-refractivity contribution in [2.45, 2.75) is 57.9 Å². The third kappa shape index (κ3) is 4.98. The standard InChI is InChI=1S/C22H31N7O2/c1-15-27-28-21-20(26-18-14-17(31-2)10-11-19(18)29(15)21)23-12-6-7-13-24-22(30)25-16-8-4-3-5-9-16/h10-11,14,16H,3-9,12-13H2,1-2H3,(H,23,26)(H2,24,25,30). The van der Waals surface area contributed by atoms with Gasteiger partial charge in [0.15, 0.2) is 5.82 Å². The van der Waals surface area contributed by atoms with E-state index < -0.39 is 0 Å². The molecule has 0 radical (unpaired) electrons. The maximum absolute atomic E-state index is 12.0. The summed E-state index contributed by atoms with van der Waals surface area (Å²) < 4.78 is 7.34. The minimum Gasteiger partial charge on any atom is -0.497 e. The number of anilines is 1.